The van der Waals surface area contributed by atoms with Crippen molar-refractivity contribution in [1.82, 2.24) is 14.9 Å². The molecule has 2 amide bonds. The molecular weight excluding hydrogens is 420 g/mol. The van der Waals surface area contributed by atoms with Crippen LogP contribution < -0.4 is 5.32 Å². The monoisotopic (exact) mass is 438 g/mol. The summed E-state index contributed by atoms with van der Waals surface area (Å²) in [5.74, 6) is 1.14. The van der Waals surface area contributed by atoms with E-state index in [9.17, 15) is 14.4 Å². The Morgan fingerprint density at radius 3 is 3.07 bits per heavy atom. The van der Waals surface area contributed by atoms with E-state index in [1.807, 2.05) is 6.92 Å². The van der Waals surface area contributed by atoms with Crippen molar-refractivity contribution >= 4 is 57.8 Å². The number of ether oxygens (including phenoxy) is 1. The van der Waals surface area contributed by atoms with Crippen molar-refractivity contribution in [1.29, 1.82) is 0 Å². The van der Waals surface area contributed by atoms with Crippen molar-refractivity contribution < 1.29 is 19.1 Å². The van der Waals surface area contributed by atoms with Gasteiger partial charge in [0.25, 0.3) is 0 Å². The number of anilines is 1. The first-order valence-electron chi connectivity index (χ1n) is 8.48. The van der Waals surface area contributed by atoms with Gasteiger partial charge in [-0.15, -0.1) is 34.9 Å². The number of esters is 1. The molecule has 28 heavy (non-hydrogen) atoms. The number of hydrogen-bond donors (Lipinski definition) is 2. The van der Waals surface area contributed by atoms with Crippen LogP contribution in [0.25, 0.3) is 11.3 Å². The summed E-state index contributed by atoms with van der Waals surface area (Å²) >= 11 is 4.56. The number of thiazole rings is 1. The summed E-state index contributed by atoms with van der Waals surface area (Å²) in [7, 11) is 1.32. The first kappa shape index (κ1) is 19.3. The van der Waals surface area contributed by atoms with Gasteiger partial charge >= 0.3 is 5.97 Å². The van der Waals surface area contributed by atoms with Gasteiger partial charge in [0.1, 0.15) is 11.7 Å². The molecule has 4 rings (SSSR count). The Kier molecular flexibility index (Phi) is 5.15. The highest BCUT2D eigenvalue weighted by Gasteiger charge is 2.51. The quantitative estimate of drug-likeness (QED) is 0.706. The molecule has 2 aromatic heterocycles. The Bertz CT molecular complexity index is 942. The topological polar surface area (TPSA) is 104 Å². The fraction of sp³-hybridized carbons (Fsp3) is 0.412. The number of hydrogen-bond acceptors (Lipinski definition) is 8. The van der Waals surface area contributed by atoms with Gasteiger partial charge in [-0.2, -0.15) is 0 Å². The lowest BCUT2D eigenvalue weighted by molar-refractivity contribution is -0.138. The molecule has 2 N–H and O–H groups in total. The van der Waals surface area contributed by atoms with E-state index in [0.717, 1.165) is 11.3 Å². The normalized spacial score (nSPS) is 24.1. The summed E-state index contributed by atoms with van der Waals surface area (Å²) in [5.41, 5.74) is 1.70. The Morgan fingerprint density at radius 1 is 1.46 bits per heavy atom. The molecule has 2 fully saturated rings. The van der Waals surface area contributed by atoms with Crippen LogP contribution in [0.1, 0.15) is 17.4 Å². The van der Waals surface area contributed by atoms with E-state index in [2.05, 4.69) is 20.0 Å². The summed E-state index contributed by atoms with van der Waals surface area (Å²) in [6.45, 7) is 2.02. The second-order valence-electron chi connectivity index (χ2n) is 6.58. The summed E-state index contributed by atoms with van der Waals surface area (Å²) in [5, 5.41) is 5.10. The molecule has 2 aromatic rings. The number of rotatable bonds is 4. The largest absolute Gasteiger partial charge is 0.464 e. The highest BCUT2D eigenvalue weighted by molar-refractivity contribution is 8.04. The Hall–Kier alpha value is -1.98. The van der Waals surface area contributed by atoms with Crippen LogP contribution in [0, 0.1) is 0 Å². The molecule has 0 radical (unpaired) electrons. The second-order valence-corrected chi connectivity index (χ2v) is 9.92. The molecule has 11 heteroatoms. The second kappa shape index (κ2) is 7.45. The molecule has 0 unspecified atom stereocenters. The lowest BCUT2D eigenvalue weighted by atomic mass is 10.2. The van der Waals surface area contributed by atoms with Gasteiger partial charge in [0.2, 0.25) is 11.8 Å². The number of methoxy groups -OCH3 is 1. The lowest BCUT2D eigenvalue weighted by Crippen LogP contribution is -2.56. The van der Waals surface area contributed by atoms with Crippen LogP contribution in [0.3, 0.4) is 0 Å². The lowest BCUT2D eigenvalue weighted by Gasteiger charge is -2.40. The van der Waals surface area contributed by atoms with E-state index in [-0.39, 0.29) is 16.7 Å². The van der Waals surface area contributed by atoms with Crippen molar-refractivity contribution in [3.63, 3.8) is 0 Å². The van der Waals surface area contributed by atoms with Crippen LogP contribution >= 0.6 is 34.9 Å². The third kappa shape index (κ3) is 3.42. The summed E-state index contributed by atoms with van der Waals surface area (Å²) in [6, 6.07) is 1.16. The minimum absolute atomic E-state index is 0.00592. The van der Waals surface area contributed by atoms with Crippen LogP contribution in [0.4, 0.5) is 5.13 Å². The van der Waals surface area contributed by atoms with Crippen molar-refractivity contribution in [3.8, 4) is 11.3 Å². The number of aromatic nitrogens is 2. The van der Waals surface area contributed by atoms with E-state index in [0.29, 0.717) is 28.0 Å². The van der Waals surface area contributed by atoms with Crippen molar-refractivity contribution in [2.45, 2.75) is 17.8 Å². The number of H-pyrrole nitrogens is 1. The van der Waals surface area contributed by atoms with E-state index < -0.39 is 12.0 Å². The summed E-state index contributed by atoms with van der Waals surface area (Å²) < 4.78 is 4.68. The molecule has 2 aliphatic rings. The standard InChI is InChI=1S/C17H18N4O4S3/c1-17-8-26-7-13(22)21(17)12(6-28-17)14(23)20-16-19-11(5-27-16)9-3-10(18-4-9)15(24)25-2/h3-5,12,18H,6-8H2,1-2H3,(H,19,20,23)/t12-,17+/m0/s1. The molecule has 0 saturated carbocycles. The summed E-state index contributed by atoms with van der Waals surface area (Å²) in [4.78, 5) is 45.4. The number of fused-ring (bicyclic) bond motifs is 1. The van der Waals surface area contributed by atoms with E-state index in [4.69, 9.17) is 0 Å². The zero-order valence-electron chi connectivity index (χ0n) is 15.2. The molecule has 8 nitrogen and oxygen atoms in total. The van der Waals surface area contributed by atoms with Crippen LogP contribution in [-0.4, -0.2) is 67.9 Å². The van der Waals surface area contributed by atoms with Gasteiger partial charge < -0.3 is 19.9 Å². The number of aromatic amines is 1. The Labute approximate surface area is 173 Å². The maximum atomic E-state index is 12.8. The SMILES string of the molecule is COC(=O)c1cc(-c2csc(NC(=O)[C@@H]3CS[C@]4(C)CSCC(=O)N34)n2)c[nH]1. The van der Waals surface area contributed by atoms with Crippen LogP contribution in [0.5, 0.6) is 0 Å². The van der Waals surface area contributed by atoms with Gasteiger partial charge in [0.05, 0.1) is 23.4 Å². The third-order valence-corrected chi connectivity index (χ3v) is 8.26. The van der Waals surface area contributed by atoms with Gasteiger partial charge in [-0.25, -0.2) is 9.78 Å². The molecule has 4 heterocycles. The maximum absolute atomic E-state index is 12.8. The molecule has 2 saturated heterocycles. The Balaban J connectivity index is 1.47. The van der Waals surface area contributed by atoms with Crippen LogP contribution in [0.15, 0.2) is 17.6 Å². The highest BCUT2D eigenvalue weighted by Crippen LogP contribution is 2.44. The molecule has 148 valence electrons. The molecule has 2 aliphatic heterocycles. The minimum Gasteiger partial charge on any atom is -0.464 e. The van der Waals surface area contributed by atoms with Gasteiger partial charge in [-0.05, 0) is 13.0 Å². The molecule has 2 atom stereocenters. The average Bonchev–Trinajstić information content (AvgIpc) is 3.38. The van der Waals surface area contributed by atoms with Crippen molar-refractivity contribution in [2.24, 2.45) is 0 Å². The number of nitrogens with zero attached hydrogens (tertiary/aromatic N) is 2. The minimum atomic E-state index is -0.492. The fourth-order valence-electron chi connectivity index (χ4n) is 3.29. The first-order chi connectivity index (χ1) is 13.4. The predicted octanol–water partition coefficient (Wildman–Crippen LogP) is 2.27. The van der Waals surface area contributed by atoms with E-state index in [1.165, 1.54) is 18.4 Å². The number of carbonyl (C=O) groups is 3. The van der Waals surface area contributed by atoms with Gasteiger partial charge in [-0.1, -0.05) is 0 Å². The zero-order valence-corrected chi connectivity index (χ0v) is 17.6. The van der Waals surface area contributed by atoms with E-state index >= 15 is 0 Å². The Morgan fingerprint density at radius 2 is 2.29 bits per heavy atom. The third-order valence-electron chi connectivity index (χ3n) is 4.66. The first-order valence-corrected chi connectivity index (χ1v) is 11.5. The predicted molar refractivity (Wildman–Crippen MR) is 111 cm³/mol. The molecule has 0 bridgehead atoms. The van der Waals surface area contributed by atoms with E-state index in [1.54, 1.807) is 46.1 Å². The van der Waals surface area contributed by atoms with Crippen LogP contribution in [-0.2, 0) is 14.3 Å². The van der Waals surface area contributed by atoms with Crippen molar-refractivity contribution in [3.05, 3.63) is 23.3 Å². The molecule has 0 aromatic carbocycles. The highest BCUT2D eigenvalue weighted by atomic mass is 32.2. The van der Waals surface area contributed by atoms with Crippen molar-refractivity contribution in [2.75, 3.05) is 29.7 Å². The number of amides is 2. The smallest absolute Gasteiger partial charge is 0.354 e. The van der Waals surface area contributed by atoms with Crippen LogP contribution in [0.2, 0.25) is 0 Å². The molecule has 0 spiro atoms. The number of nitrogens with one attached hydrogen (secondary N) is 2. The average molecular weight is 439 g/mol. The maximum Gasteiger partial charge on any atom is 0.354 e. The van der Waals surface area contributed by atoms with Gasteiger partial charge in [0, 0.05) is 28.6 Å². The van der Waals surface area contributed by atoms with Gasteiger partial charge in [0.15, 0.2) is 5.13 Å². The van der Waals surface area contributed by atoms with Gasteiger partial charge in [-0.3, -0.25) is 9.59 Å². The number of carbonyl (C=O) groups excluding carboxylic acids is 3. The fourth-order valence-corrected chi connectivity index (χ4v) is 6.72. The molecule has 0 aliphatic carbocycles. The zero-order chi connectivity index (χ0) is 19.9. The molecular formula is C17H18N4O4S3. The summed E-state index contributed by atoms with van der Waals surface area (Å²) in [6.07, 6.45) is 1.66. The number of thioether (sulfide) groups is 2.